The third-order valence-electron chi connectivity index (χ3n) is 2.11. The van der Waals surface area contributed by atoms with Crippen molar-refractivity contribution in [2.24, 2.45) is 0 Å². The minimum absolute atomic E-state index is 1.23. The average Bonchev–Trinajstić information content (AvgIpc) is 2.89. The molecule has 0 bridgehead atoms. The van der Waals surface area contributed by atoms with E-state index < -0.39 is 0 Å². The molecular weight excluding hydrogens is 216 g/mol. The molecule has 0 saturated carbocycles. The average molecular weight is 234 g/mol. The van der Waals surface area contributed by atoms with Crippen molar-refractivity contribution in [3.05, 3.63) is 109 Å². The fraction of sp³-hybridized carbons (Fsp3) is 0. The molecule has 1 rings (SSSR count). The molecule has 0 aliphatic heterocycles. The molecular formula is C18H18. The van der Waals surface area contributed by atoms with Crippen LogP contribution in [0.5, 0.6) is 0 Å². The van der Waals surface area contributed by atoms with Crippen LogP contribution in [0.25, 0.3) is 0 Å². The molecule has 0 N–H and O–H groups in total. The smallest absolute Gasteiger partial charge is 0.0257 e. The Bertz CT molecular complexity index is 458. The Hall–Kier alpha value is -2.34. The van der Waals surface area contributed by atoms with Gasteiger partial charge in [-0.15, -0.1) is 0 Å². The summed E-state index contributed by atoms with van der Waals surface area (Å²) in [5, 5.41) is 0. The fourth-order valence-electron chi connectivity index (χ4n) is 1.26. The normalized spacial score (nSPS) is 15.4. The molecule has 0 heterocycles. The summed E-state index contributed by atoms with van der Waals surface area (Å²) < 4.78 is 0. The van der Waals surface area contributed by atoms with Gasteiger partial charge < -0.3 is 0 Å². The van der Waals surface area contributed by atoms with Crippen LogP contribution in [0.2, 0.25) is 0 Å². The van der Waals surface area contributed by atoms with Gasteiger partial charge >= 0.3 is 0 Å². The Morgan fingerprint density at radius 1 is 0.611 bits per heavy atom. The molecule has 0 aromatic rings. The van der Waals surface area contributed by atoms with E-state index in [1.54, 1.807) is 6.08 Å². The first kappa shape index (κ1) is 13.7. The van der Waals surface area contributed by atoms with Crippen LogP contribution < -0.4 is 0 Å². The second-order valence-electron chi connectivity index (χ2n) is 3.55. The van der Waals surface area contributed by atoms with E-state index >= 15 is 0 Å². The van der Waals surface area contributed by atoms with Crippen molar-refractivity contribution in [3.63, 3.8) is 0 Å². The topological polar surface area (TPSA) is 0 Å². The minimum atomic E-state index is 1.23. The third kappa shape index (κ3) is 7.02. The number of hydrogen-bond donors (Lipinski definition) is 0. The predicted molar refractivity (Wildman–Crippen MR) is 82.3 cm³/mol. The molecule has 0 fully saturated rings. The molecule has 1 aliphatic carbocycles. The van der Waals surface area contributed by atoms with Gasteiger partial charge in [-0.3, -0.25) is 0 Å². The summed E-state index contributed by atoms with van der Waals surface area (Å²) in [5.41, 5.74) is 1.23. The number of rotatable bonds is 6. The SMILES string of the molecule is C=C/C=C/C=C/C=C/C=C/C=C/C=C1C=CC=C1. The van der Waals surface area contributed by atoms with Crippen LogP contribution in [0.15, 0.2) is 109 Å². The second kappa shape index (κ2) is 9.86. The summed E-state index contributed by atoms with van der Waals surface area (Å²) in [4.78, 5) is 0. The van der Waals surface area contributed by atoms with Gasteiger partial charge in [0.15, 0.2) is 0 Å². The van der Waals surface area contributed by atoms with Crippen LogP contribution in [-0.2, 0) is 0 Å². The van der Waals surface area contributed by atoms with Gasteiger partial charge in [0.2, 0.25) is 0 Å². The van der Waals surface area contributed by atoms with Crippen molar-refractivity contribution in [2.45, 2.75) is 0 Å². The fourth-order valence-corrected chi connectivity index (χ4v) is 1.26. The highest BCUT2D eigenvalue weighted by atomic mass is 13.9. The minimum Gasteiger partial charge on any atom is -0.0991 e. The largest absolute Gasteiger partial charge is 0.0991 e. The monoisotopic (exact) mass is 234 g/mol. The first-order valence-corrected chi connectivity index (χ1v) is 5.94. The Labute approximate surface area is 110 Å². The molecule has 0 spiro atoms. The van der Waals surface area contributed by atoms with Crippen LogP contribution in [0, 0.1) is 0 Å². The lowest BCUT2D eigenvalue weighted by Gasteiger charge is -1.82. The van der Waals surface area contributed by atoms with E-state index in [0.717, 1.165) is 0 Å². The Balaban J connectivity index is 2.24. The molecule has 0 unspecified atom stereocenters. The quantitative estimate of drug-likeness (QED) is 0.567. The summed E-state index contributed by atoms with van der Waals surface area (Å²) >= 11 is 0. The lowest BCUT2D eigenvalue weighted by Crippen LogP contribution is -1.61. The summed E-state index contributed by atoms with van der Waals surface area (Å²) in [6.45, 7) is 3.59. The second-order valence-corrected chi connectivity index (χ2v) is 3.55. The van der Waals surface area contributed by atoms with Crippen molar-refractivity contribution in [3.8, 4) is 0 Å². The molecule has 0 nitrogen and oxygen atoms in total. The molecule has 0 aromatic heterocycles. The maximum absolute atomic E-state index is 3.59. The zero-order valence-electron chi connectivity index (χ0n) is 10.4. The highest BCUT2D eigenvalue weighted by molar-refractivity contribution is 5.42. The highest BCUT2D eigenvalue weighted by Crippen LogP contribution is 2.06. The summed E-state index contributed by atoms with van der Waals surface area (Å²) in [6.07, 6.45) is 31.8. The van der Waals surface area contributed by atoms with Crippen molar-refractivity contribution >= 4 is 0 Å². The molecule has 0 heteroatoms. The van der Waals surface area contributed by atoms with Crippen LogP contribution in [0.1, 0.15) is 0 Å². The van der Waals surface area contributed by atoms with E-state index in [-0.39, 0.29) is 0 Å². The van der Waals surface area contributed by atoms with E-state index in [9.17, 15) is 0 Å². The van der Waals surface area contributed by atoms with Gasteiger partial charge in [-0.05, 0) is 5.57 Å². The van der Waals surface area contributed by atoms with E-state index in [1.165, 1.54) is 5.57 Å². The van der Waals surface area contributed by atoms with Gasteiger partial charge in [-0.2, -0.15) is 0 Å². The highest BCUT2D eigenvalue weighted by Gasteiger charge is 1.86. The van der Waals surface area contributed by atoms with Crippen molar-refractivity contribution in [1.29, 1.82) is 0 Å². The Morgan fingerprint density at radius 3 is 1.56 bits per heavy atom. The maximum Gasteiger partial charge on any atom is -0.0257 e. The summed E-state index contributed by atoms with van der Waals surface area (Å²) in [7, 11) is 0. The van der Waals surface area contributed by atoms with E-state index in [4.69, 9.17) is 0 Å². The molecule has 18 heavy (non-hydrogen) atoms. The third-order valence-corrected chi connectivity index (χ3v) is 2.11. The van der Waals surface area contributed by atoms with E-state index in [1.807, 2.05) is 72.9 Å². The molecule has 0 radical (unpaired) electrons. The Morgan fingerprint density at radius 2 is 1.06 bits per heavy atom. The Kier molecular flexibility index (Phi) is 7.51. The molecule has 90 valence electrons. The lowest BCUT2D eigenvalue weighted by molar-refractivity contribution is 1.74. The van der Waals surface area contributed by atoms with Crippen LogP contribution in [-0.4, -0.2) is 0 Å². The summed E-state index contributed by atoms with van der Waals surface area (Å²) in [5.74, 6) is 0. The van der Waals surface area contributed by atoms with Gasteiger partial charge in [-0.25, -0.2) is 0 Å². The first-order chi connectivity index (χ1) is 8.93. The maximum atomic E-state index is 3.59. The zero-order valence-corrected chi connectivity index (χ0v) is 10.4. The van der Waals surface area contributed by atoms with Crippen molar-refractivity contribution in [1.82, 2.24) is 0 Å². The standard InChI is InChI=1S/C18H18/c1-2-3-4-5-6-7-8-9-10-11-12-15-18-16-13-14-17-18/h2-17H,1H2/b4-3+,6-5+,8-7+,10-9+,12-11+. The van der Waals surface area contributed by atoms with Gasteiger partial charge in [-0.1, -0.05) is 104 Å². The number of hydrogen-bond acceptors (Lipinski definition) is 0. The molecule has 0 aromatic carbocycles. The summed E-state index contributed by atoms with van der Waals surface area (Å²) in [6, 6.07) is 0. The zero-order chi connectivity index (χ0) is 12.9. The van der Waals surface area contributed by atoms with E-state index in [2.05, 4.69) is 24.8 Å². The van der Waals surface area contributed by atoms with Crippen LogP contribution in [0.3, 0.4) is 0 Å². The molecule has 1 aliphatic rings. The lowest BCUT2D eigenvalue weighted by atomic mass is 10.2. The number of allylic oxidation sites excluding steroid dienone is 17. The predicted octanol–water partition coefficient (Wildman–Crippen LogP) is 5.01. The van der Waals surface area contributed by atoms with Crippen molar-refractivity contribution in [2.75, 3.05) is 0 Å². The first-order valence-electron chi connectivity index (χ1n) is 5.94. The van der Waals surface area contributed by atoms with Gasteiger partial charge in [0.05, 0.1) is 0 Å². The van der Waals surface area contributed by atoms with Crippen LogP contribution >= 0.6 is 0 Å². The van der Waals surface area contributed by atoms with Gasteiger partial charge in [0.1, 0.15) is 0 Å². The van der Waals surface area contributed by atoms with Crippen LogP contribution in [0.4, 0.5) is 0 Å². The molecule has 0 atom stereocenters. The van der Waals surface area contributed by atoms with E-state index in [0.29, 0.717) is 0 Å². The van der Waals surface area contributed by atoms with Crippen molar-refractivity contribution < 1.29 is 0 Å². The van der Waals surface area contributed by atoms with Gasteiger partial charge in [0, 0.05) is 0 Å². The van der Waals surface area contributed by atoms with Gasteiger partial charge in [0.25, 0.3) is 0 Å². The molecule has 0 amide bonds. The molecule has 0 saturated heterocycles.